The van der Waals surface area contributed by atoms with Crippen LogP contribution in [0.5, 0.6) is 0 Å². The summed E-state index contributed by atoms with van der Waals surface area (Å²) in [5, 5.41) is 0.464. The SMILES string of the molecule is COC(=O)[C@@H]1[C@@H]2[C@H](CN1C(=O)OC(C)(C)C)[C@H]2c1c(CO[Si](C)(C)C(C)(C)C)n(C2CC2)c2c(F)c(Cl)nc(Br)c12. The van der Waals surface area contributed by atoms with Crippen molar-refractivity contribution in [2.24, 2.45) is 11.8 Å². The Bertz CT molecular complexity index is 1410. The first kappa shape index (κ1) is 30.8. The van der Waals surface area contributed by atoms with Gasteiger partial charge < -0.3 is 18.5 Å². The van der Waals surface area contributed by atoms with E-state index in [4.69, 9.17) is 25.5 Å². The van der Waals surface area contributed by atoms with Gasteiger partial charge in [-0.05, 0) is 85.1 Å². The third-order valence-electron chi connectivity index (χ3n) is 9.17. The molecular formula is C29H40BrClFN3O5Si. The van der Waals surface area contributed by atoms with E-state index in [0.717, 1.165) is 24.1 Å². The summed E-state index contributed by atoms with van der Waals surface area (Å²) in [6.07, 6.45) is 1.32. The molecule has 2 aliphatic carbocycles. The Labute approximate surface area is 255 Å². The molecule has 8 nitrogen and oxygen atoms in total. The Hall–Kier alpha value is -1.69. The second-order valence-electron chi connectivity index (χ2n) is 14.1. The first-order valence-electron chi connectivity index (χ1n) is 14.2. The predicted molar refractivity (Wildman–Crippen MR) is 161 cm³/mol. The zero-order valence-corrected chi connectivity index (χ0v) is 28.6. The quantitative estimate of drug-likeness (QED) is 0.179. The minimum atomic E-state index is -2.17. The van der Waals surface area contributed by atoms with Gasteiger partial charge in [0.05, 0.1) is 19.2 Å². The number of nitrogens with zero attached hydrogens (tertiary/aromatic N) is 3. The number of hydrogen-bond acceptors (Lipinski definition) is 6. The van der Waals surface area contributed by atoms with Gasteiger partial charge in [-0.2, -0.15) is 0 Å². The van der Waals surface area contributed by atoms with Gasteiger partial charge in [0.2, 0.25) is 0 Å². The lowest BCUT2D eigenvalue weighted by Gasteiger charge is -2.36. The van der Waals surface area contributed by atoms with Gasteiger partial charge in [0, 0.05) is 29.6 Å². The lowest BCUT2D eigenvalue weighted by molar-refractivity contribution is -0.146. The highest BCUT2D eigenvalue weighted by Crippen LogP contribution is 2.64. The molecule has 226 valence electrons. The zero-order chi connectivity index (χ0) is 30.4. The number of pyridine rings is 1. The highest BCUT2D eigenvalue weighted by Gasteiger charge is 2.67. The summed E-state index contributed by atoms with van der Waals surface area (Å²) in [5.41, 5.74) is 1.55. The van der Waals surface area contributed by atoms with Gasteiger partial charge in [-0.15, -0.1) is 0 Å². The maximum absolute atomic E-state index is 15.8. The minimum absolute atomic E-state index is 0.0136. The standard InChI is InChI=1S/C29H40BrClFN3O5Si/c1-28(2,3)40-27(37)34-12-15-17(18(15)23(34)26(36)38-7)19-16(13-39-41(8,9)29(4,5)6)35(14-10-11-14)22-20(19)24(30)33-25(31)21(22)32/h14-15,17-18,23H,10-13H2,1-9H3/t15-,17-,18-,23+/m1/s1. The molecule has 3 fully saturated rings. The number of halogens is 3. The van der Waals surface area contributed by atoms with Crippen LogP contribution in [0.2, 0.25) is 23.3 Å². The number of aromatic nitrogens is 2. The Kier molecular flexibility index (Phi) is 7.65. The van der Waals surface area contributed by atoms with Crippen molar-refractivity contribution in [2.45, 2.75) is 103 Å². The van der Waals surface area contributed by atoms with E-state index in [0.29, 0.717) is 28.7 Å². The fourth-order valence-corrected chi connectivity index (χ4v) is 7.80. The molecule has 0 radical (unpaired) electrons. The third kappa shape index (κ3) is 5.33. The van der Waals surface area contributed by atoms with Crippen LogP contribution in [-0.2, 0) is 25.3 Å². The fraction of sp³-hybridized carbons (Fsp3) is 0.690. The van der Waals surface area contributed by atoms with E-state index < -0.39 is 37.8 Å². The van der Waals surface area contributed by atoms with Crippen molar-refractivity contribution in [2.75, 3.05) is 13.7 Å². The molecule has 0 unspecified atom stereocenters. The molecule has 12 heteroatoms. The van der Waals surface area contributed by atoms with Crippen molar-refractivity contribution in [3.63, 3.8) is 0 Å². The van der Waals surface area contributed by atoms with Crippen LogP contribution >= 0.6 is 27.5 Å². The van der Waals surface area contributed by atoms with Crippen LogP contribution in [0.25, 0.3) is 10.9 Å². The molecule has 0 aromatic carbocycles. The Morgan fingerprint density at radius 2 is 1.80 bits per heavy atom. The number of hydrogen-bond donors (Lipinski definition) is 0. The van der Waals surface area contributed by atoms with Crippen LogP contribution in [0.15, 0.2) is 4.60 Å². The molecule has 1 amide bonds. The number of amides is 1. The molecule has 4 atom stereocenters. The number of esters is 1. The summed E-state index contributed by atoms with van der Waals surface area (Å²) in [6.45, 7) is 17.0. The van der Waals surface area contributed by atoms with Crippen LogP contribution in [-0.4, -0.2) is 60.1 Å². The van der Waals surface area contributed by atoms with Crippen molar-refractivity contribution >= 4 is 58.8 Å². The van der Waals surface area contributed by atoms with E-state index in [1.807, 2.05) is 0 Å². The van der Waals surface area contributed by atoms with Gasteiger partial charge in [-0.1, -0.05) is 32.4 Å². The van der Waals surface area contributed by atoms with Gasteiger partial charge in [-0.25, -0.2) is 19.0 Å². The molecule has 1 saturated heterocycles. The summed E-state index contributed by atoms with van der Waals surface area (Å²) in [7, 11) is -0.839. The third-order valence-corrected chi connectivity index (χ3v) is 14.5. The number of likely N-dealkylation sites (tertiary alicyclic amines) is 1. The summed E-state index contributed by atoms with van der Waals surface area (Å²) in [6, 6.07) is -0.667. The molecule has 41 heavy (non-hydrogen) atoms. The van der Waals surface area contributed by atoms with E-state index in [-0.39, 0.29) is 34.0 Å². The summed E-state index contributed by atoms with van der Waals surface area (Å²) >= 11 is 9.86. The molecule has 5 rings (SSSR count). The number of methoxy groups -OCH3 is 1. The van der Waals surface area contributed by atoms with E-state index in [9.17, 15) is 9.59 Å². The second-order valence-corrected chi connectivity index (χ2v) is 20.0. The highest BCUT2D eigenvalue weighted by molar-refractivity contribution is 9.10. The largest absolute Gasteiger partial charge is 0.467 e. The van der Waals surface area contributed by atoms with E-state index >= 15 is 4.39 Å². The minimum Gasteiger partial charge on any atom is -0.467 e. The number of piperidine rings is 1. The van der Waals surface area contributed by atoms with Crippen LogP contribution in [0.1, 0.15) is 77.6 Å². The van der Waals surface area contributed by atoms with Crippen LogP contribution in [0.4, 0.5) is 9.18 Å². The maximum Gasteiger partial charge on any atom is 0.411 e. The average Bonchev–Trinajstić information content (AvgIpc) is 3.74. The number of rotatable bonds is 6. The summed E-state index contributed by atoms with van der Waals surface area (Å²) in [5.74, 6) is -1.38. The number of fused-ring (bicyclic) bond motifs is 2. The van der Waals surface area contributed by atoms with Gasteiger partial charge >= 0.3 is 12.1 Å². The molecule has 0 N–H and O–H groups in total. The van der Waals surface area contributed by atoms with E-state index in [1.54, 1.807) is 20.8 Å². The number of carbonyl (C=O) groups is 2. The number of ether oxygens (including phenoxy) is 2. The summed E-state index contributed by atoms with van der Waals surface area (Å²) < 4.78 is 35.9. The van der Waals surface area contributed by atoms with Crippen molar-refractivity contribution in [3.05, 3.63) is 26.8 Å². The predicted octanol–water partition coefficient (Wildman–Crippen LogP) is 7.57. The normalized spacial score (nSPS) is 24.5. The van der Waals surface area contributed by atoms with Gasteiger partial charge in [0.1, 0.15) is 16.2 Å². The maximum atomic E-state index is 15.8. The van der Waals surface area contributed by atoms with Crippen LogP contribution in [0.3, 0.4) is 0 Å². The molecular weight excluding hydrogens is 633 g/mol. The highest BCUT2D eigenvalue weighted by atomic mass is 79.9. The van der Waals surface area contributed by atoms with Gasteiger partial charge in [-0.3, -0.25) is 4.90 Å². The monoisotopic (exact) mass is 671 g/mol. The van der Waals surface area contributed by atoms with E-state index in [2.05, 4.69) is 59.3 Å². The van der Waals surface area contributed by atoms with Crippen molar-refractivity contribution in [1.82, 2.24) is 14.5 Å². The Morgan fingerprint density at radius 1 is 1.17 bits per heavy atom. The van der Waals surface area contributed by atoms with Crippen molar-refractivity contribution in [3.8, 4) is 0 Å². The first-order chi connectivity index (χ1) is 18.9. The Morgan fingerprint density at radius 3 is 2.34 bits per heavy atom. The molecule has 3 aliphatic rings. The average molecular weight is 673 g/mol. The van der Waals surface area contributed by atoms with Gasteiger partial charge in [0.15, 0.2) is 19.3 Å². The van der Waals surface area contributed by atoms with Crippen LogP contribution in [0, 0.1) is 17.7 Å². The zero-order valence-electron chi connectivity index (χ0n) is 25.2. The molecule has 2 aromatic rings. The van der Waals surface area contributed by atoms with Crippen molar-refractivity contribution in [1.29, 1.82) is 0 Å². The smallest absolute Gasteiger partial charge is 0.411 e. The molecule has 0 spiro atoms. The lowest BCUT2D eigenvalue weighted by Crippen LogP contribution is -2.46. The van der Waals surface area contributed by atoms with Crippen LogP contribution < -0.4 is 0 Å². The first-order valence-corrected chi connectivity index (χ1v) is 18.3. The van der Waals surface area contributed by atoms with Crippen molar-refractivity contribution < 1.29 is 27.9 Å². The fourth-order valence-electron chi connectivity index (χ4n) is 6.01. The van der Waals surface area contributed by atoms with Gasteiger partial charge in [0.25, 0.3) is 0 Å². The molecule has 2 saturated carbocycles. The topological polar surface area (TPSA) is 82.9 Å². The molecule has 1 aliphatic heterocycles. The van der Waals surface area contributed by atoms with E-state index in [1.165, 1.54) is 12.0 Å². The summed E-state index contributed by atoms with van der Waals surface area (Å²) in [4.78, 5) is 32.0. The Balaban J connectivity index is 1.63. The molecule has 3 heterocycles. The lowest BCUT2D eigenvalue weighted by atomic mass is 10.0. The molecule has 2 aromatic heterocycles. The number of carbonyl (C=O) groups excluding carboxylic acids is 2. The second kappa shape index (κ2) is 10.2. The molecule has 0 bridgehead atoms.